The van der Waals surface area contributed by atoms with Crippen molar-refractivity contribution in [1.82, 2.24) is 9.80 Å². The molecule has 2 heterocycles. The average molecular weight is 481 g/mol. The van der Waals surface area contributed by atoms with Gasteiger partial charge in [0.25, 0.3) is 11.1 Å². The van der Waals surface area contributed by atoms with Crippen LogP contribution in [0.5, 0.6) is 11.5 Å². The van der Waals surface area contributed by atoms with Gasteiger partial charge in [0.05, 0.1) is 4.91 Å². The van der Waals surface area contributed by atoms with Gasteiger partial charge in [0.15, 0.2) is 0 Å². The molecule has 2 saturated heterocycles. The molecule has 0 saturated carbocycles. The van der Waals surface area contributed by atoms with Crippen LogP contribution < -0.4 is 9.47 Å². The summed E-state index contributed by atoms with van der Waals surface area (Å²) < 4.78 is 11.3. The van der Waals surface area contributed by atoms with Crippen molar-refractivity contribution in [2.75, 3.05) is 32.8 Å². The zero-order valence-electron chi connectivity index (χ0n) is 19.1. The molecule has 2 aromatic carbocycles. The van der Waals surface area contributed by atoms with Crippen LogP contribution in [0.2, 0.25) is 0 Å². The first kappa shape index (κ1) is 23.9. The monoisotopic (exact) mass is 480 g/mol. The Labute approximate surface area is 203 Å². The van der Waals surface area contributed by atoms with Gasteiger partial charge in [0, 0.05) is 13.1 Å². The zero-order valence-corrected chi connectivity index (χ0v) is 20.0. The van der Waals surface area contributed by atoms with E-state index in [1.165, 1.54) is 0 Å². The first-order valence-corrected chi connectivity index (χ1v) is 12.2. The number of amides is 3. The van der Waals surface area contributed by atoms with Gasteiger partial charge in [0.1, 0.15) is 31.3 Å². The van der Waals surface area contributed by atoms with Crippen LogP contribution in [0.1, 0.15) is 25.3 Å². The first-order valence-electron chi connectivity index (χ1n) is 11.4. The van der Waals surface area contributed by atoms with Crippen LogP contribution in [0.25, 0.3) is 6.08 Å². The fraction of sp³-hybridized carbons (Fsp3) is 0.346. The molecule has 2 aliphatic heterocycles. The molecule has 8 heteroatoms. The summed E-state index contributed by atoms with van der Waals surface area (Å²) in [6.07, 6.45) is 3.57. The van der Waals surface area contributed by atoms with Crippen molar-refractivity contribution >= 4 is 34.9 Å². The smallest absolute Gasteiger partial charge is 0.294 e. The van der Waals surface area contributed by atoms with E-state index in [4.69, 9.17) is 9.47 Å². The number of rotatable bonds is 8. The zero-order chi connectivity index (χ0) is 23.9. The van der Waals surface area contributed by atoms with E-state index in [0.29, 0.717) is 42.9 Å². The summed E-state index contributed by atoms with van der Waals surface area (Å²) in [5.41, 5.74) is 0.773. The summed E-state index contributed by atoms with van der Waals surface area (Å²) in [7, 11) is 0. The number of hydrogen-bond acceptors (Lipinski definition) is 6. The highest BCUT2D eigenvalue weighted by Crippen LogP contribution is 2.32. The number of carbonyl (C=O) groups excluding carboxylic acids is 3. The van der Waals surface area contributed by atoms with Gasteiger partial charge in [-0.1, -0.05) is 37.3 Å². The Bertz CT molecular complexity index is 1050. The maximum atomic E-state index is 12.8. The molecule has 0 spiro atoms. The van der Waals surface area contributed by atoms with Crippen LogP contribution in [0.4, 0.5) is 4.79 Å². The molecule has 2 aliphatic rings. The van der Waals surface area contributed by atoms with Gasteiger partial charge in [-0.25, -0.2) is 0 Å². The van der Waals surface area contributed by atoms with Gasteiger partial charge in [-0.3, -0.25) is 19.3 Å². The summed E-state index contributed by atoms with van der Waals surface area (Å²) in [5.74, 6) is 1.48. The second-order valence-corrected chi connectivity index (χ2v) is 9.40. The van der Waals surface area contributed by atoms with E-state index in [9.17, 15) is 14.4 Å². The number of thioether (sulfide) groups is 1. The lowest BCUT2D eigenvalue weighted by atomic mass is 9.99. The van der Waals surface area contributed by atoms with E-state index in [1.807, 2.05) is 42.5 Å². The van der Waals surface area contributed by atoms with Gasteiger partial charge in [-0.05, 0) is 66.4 Å². The Morgan fingerprint density at radius 1 is 0.971 bits per heavy atom. The maximum absolute atomic E-state index is 12.8. The Hall–Kier alpha value is -3.26. The molecule has 178 valence electrons. The molecule has 0 unspecified atom stereocenters. The fourth-order valence-electron chi connectivity index (χ4n) is 3.78. The number of para-hydroxylation sites is 1. The Morgan fingerprint density at radius 2 is 1.59 bits per heavy atom. The predicted molar refractivity (Wildman–Crippen MR) is 132 cm³/mol. The summed E-state index contributed by atoms with van der Waals surface area (Å²) in [4.78, 5) is 40.8. The molecule has 34 heavy (non-hydrogen) atoms. The van der Waals surface area contributed by atoms with Crippen molar-refractivity contribution in [2.24, 2.45) is 5.92 Å². The number of hydrogen-bond donors (Lipinski definition) is 0. The molecule has 2 aromatic rings. The lowest BCUT2D eigenvalue weighted by Crippen LogP contribution is -2.45. The molecule has 0 atom stereocenters. The first-order chi connectivity index (χ1) is 16.5. The average Bonchev–Trinajstić information content (AvgIpc) is 3.11. The third kappa shape index (κ3) is 6.20. The maximum Gasteiger partial charge on any atom is 0.294 e. The summed E-state index contributed by atoms with van der Waals surface area (Å²) >= 11 is 0.865. The van der Waals surface area contributed by atoms with Gasteiger partial charge in [-0.15, -0.1) is 0 Å². The molecule has 3 amide bonds. The molecule has 0 aliphatic carbocycles. The number of nitrogens with zero attached hydrogens (tertiary/aromatic N) is 2. The van der Waals surface area contributed by atoms with Gasteiger partial charge >= 0.3 is 0 Å². The van der Waals surface area contributed by atoms with E-state index >= 15 is 0 Å². The van der Waals surface area contributed by atoms with E-state index in [1.54, 1.807) is 23.1 Å². The van der Waals surface area contributed by atoms with Crippen LogP contribution >= 0.6 is 11.8 Å². The van der Waals surface area contributed by atoms with Crippen molar-refractivity contribution in [3.05, 3.63) is 65.1 Å². The van der Waals surface area contributed by atoms with Crippen LogP contribution in [-0.4, -0.2) is 59.7 Å². The molecule has 7 nitrogen and oxygen atoms in total. The van der Waals surface area contributed by atoms with E-state index in [-0.39, 0.29) is 12.5 Å². The second-order valence-electron chi connectivity index (χ2n) is 8.41. The molecular weight excluding hydrogens is 452 g/mol. The third-order valence-corrected chi connectivity index (χ3v) is 6.75. The van der Waals surface area contributed by atoms with Gasteiger partial charge in [-0.2, -0.15) is 0 Å². The standard InChI is InChI=1S/C26H28N2O5S/c1-19-11-13-27(14-12-19)24(29)18-28-25(30)23(34-26(28)31)17-20-7-9-22(10-8-20)33-16-15-32-21-5-3-2-4-6-21/h2-10,17,19H,11-16,18H2,1H3/b23-17+. The molecule has 0 radical (unpaired) electrons. The molecule has 0 N–H and O–H groups in total. The minimum absolute atomic E-state index is 0.173. The van der Waals surface area contributed by atoms with Crippen molar-refractivity contribution in [2.45, 2.75) is 19.8 Å². The molecule has 2 fully saturated rings. The normalized spacial score (nSPS) is 18.0. The molecular formula is C26H28N2O5S. The van der Waals surface area contributed by atoms with Crippen molar-refractivity contribution < 1.29 is 23.9 Å². The summed E-state index contributed by atoms with van der Waals surface area (Å²) in [6.45, 7) is 4.15. The summed E-state index contributed by atoms with van der Waals surface area (Å²) in [5, 5.41) is -0.409. The van der Waals surface area contributed by atoms with Gasteiger partial charge in [0.2, 0.25) is 5.91 Å². The predicted octanol–water partition coefficient (Wildman–Crippen LogP) is 4.44. The Morgan fingerprint density at radius 3 is 2.24 bits per heavy atom. The van der Waals surface area contributed by atoms with E-state index < -0.39 is 11.1 Å². The Balaban J connectivity index is 1.28. The molecule has 0 bridgehead atoms. The SMILES string of the molecule is CC1CCN(C(=O)CN2C(=O)S/C(=C/c3ccc(OCCOc4ccccc4)cc3)C2=O)CC1. The largest absolute Gasteiger partial charge is 0.490 e. The fourth-order valence-corrected chi connectivity index (χ4v) is 4.62. The number of imide groups is 1. The van der Waals surface area contributed by atoms with Crippen LogP contribution in [-0.2, 0) is 9.59 Å². The highest BCUT2D eigenvalue weighted by molar-refractivity contribution is 8.18. The van der Waals surface area contributed by atoms with Crippen molar-refractivity contribution in [3.63, 3.8) is 0 Å². The molecule has 0 aromatic heterocycles. The number of ether oxygens (including phenoxy) is 2. The minimum atomic E-state index is -0.424. The molecule has 4 rings (SSSR count). The number of piperidine rings is 1. The van der Waals surface area contributed by atoms with Crippen LogP contribution in [0.15, 0.2) is 59.5 Å². The lowest BCUT2D eigenvalue weighted by molar-refractivity contribution is -0.136. The second kappa shape index (κ2) is 11.2. The Kier molecular flexibility index (Phi) is 7.90. The highest BCUT2D eigenvalue weighted by Gasteiger charge is 2.37. The van der Waals surface area contributed by atoms with Crippen molar-refractivity contribution in [1.29, 1.82) is 0 Å². The van der Waals surface area contributed by atoms with E-state index in [2.05, 4.69) is 6.92 Å². The number of likely N-dealkylation sites (tertiary alicyclic amines) is 1. The van der Waals surface area contributed by atoms with Crippen LogP contribution in [0.3, 0.4) is 0 Å². The quantitative estimate of drug-likeness (QED) is 0.411. The highest BCUT2D eigenvalue weighted by atomic mass is 32.2. The third-order valence-electron chi connectivity index (χ3n) is 5.85. The summed E-state index contributed by atoms with van der Waals surface area (Å²) in [6, 6.07) is 16.8. The van der Waals surface area contributed by atoms with Crippen molar-refractivity contribution in [3.8, 4) is 11.5 Å². The minimum Gasteiger partial charge on any atom is -0.490 e. The lowest BCUT2D eigenvalue weighted by Gasteiger charge is -2.31. The number of benzene rings is 2. The van der Waals surface area contributed by atoms with E-state index in [0.717, 1.165) is 40.8 Å². The van der Waals surface area contributed by atoms with Crippen LogP contribution in [0, 0.1) is 5.92 Å². The number of carbonyl (C=O) groups is 3. The topological polar surface area (TPSA) is 76.2 Å². The van der Waals surface area contributed by atoms with Gasteiger partial charge < -0.3 is 14.4 Å².